The van der Waals surface area contributed by atoms with Gasteiger partial charge in [0.2, 0.25) is 0 Å². The lowest BCUT2D eigenvalue weighted by atomic mass is 10.00. The zero-order valence-corrected chi connectivity index (χ0v) is 30.2. The quantitative estimate of drug-likeness (QED) is 0.172. The summed E-state index contributed by atoms with van der Waals surface area (Å²) in [7, 11) is 0. The summed E-state index contributed by atoms with van der Waals surface area (Å²) in [6.45, 7) is 0. The molecule has 0 saturated carbocycles. The third kappa shape index (κ3) is 5.27. The van der Waals surface area contributed by atoms with Crippen molar-refractivity contribution >= 4 is 43.9 Å². The summed E-state index contributed by atoms with van der Waals surface area (Å²) in [5.74, 6) is 0. The number of fused-ring (bicyclic) bond motifs is 6. The third-order valence-electron chi connectivity index (χ3n) is 10.7. The maximum atomic E-state index is 4.94. The standard InChI is InChI=1S/C50H32N6/c1-3-24-51-45(18-1)37-12-5-10-33(28-37)35-20-22-47-43(30-35)41-16-8-26-53-49(41)55(47)39-14-7-15-40(32-39)56-48-23-21-36(31-44(48)42-17-9-27-54-50(42)56)34-11-6-13-38(29-34)46-19-2-4-25-52-46/h1-32H. The lowest BCUT2D eigenvalue weighted by molar-refractivity contribution is 1.10. The van der Waals surface area contributed by atoms with Gasteiger partial charge in [-0.2, -0.15) is 0 Å². The van der Waals surface area contributed by atoms with E-state index in [1.165, 1.54) is 0 Å². The van der Waals surface area contributed by atoms with Gasteiger partial charge in [0.25, 0.3) is 0 Å². The molecule has 0 amide bonds. The molecular weight excluding hydrogens is 685 g/mol. The second-order valence-corrected chi connectivity index (χ2v) is 14.0. The van der Waals surface area contributed by atoms with Crippen LogP contribution in [-0.2, 0) is 0 Å². The molecule has 0 spiro atoms. The Morgan fingerprint density at radius 1 is 0.286 bits per heavy atom. The van der Waals surface area contributed by atoms with Gasteiger partial charge in [0, 0.05) is 68.8 Å². The highest BCUT2D eigenvalue weighted by atomic mass is 15.1. The fraction of sp³-hybridized carbons (Fsp3) is 0. The fourth-order valence-corrected chi connectivity index (χ4v) is 8.13. The topological polar surface area (TPSA) is 61.4 Å². The van der Waals surface area contributed by atoms with Crippen molar-refractivity contribution in [1.82, 2.24) is 29.1 Å². The van der Waals surface area contributed by atoms with Gasteiger partial charge in [0.15, 0.2) is 0 Å². The van der Waals surface area contributed by atoms with Crippen molar-refractivity contribution in [2.75, 3.05) is 0 Å². The summed E-state index contributed by atoms with van der Waals surface area (Å²) >= 11 is 0. The van der Waals surface area contributed by atoms with Crippen molar-refractivity contribution < 1.29 is 0 Å². The predicted octanol–water partition coefficient (Wildman–Crippen LogP) is 12.1. The number of hydrogen-bond acceptors (Lipinski definition) is 4. The Kier molecular flexibility index (Phi) is 7.38. The predicted molar refractivity (Wildman–Crippen MR) is 228 cm³/mol. The Balaban J connectivity index is 1.03. The number of nitrogens with zero attached hydrogens (tertiary/aromatic N) is 6. The molecule has 11 aromatic rings. The van der Waals surface area contributed by atoms with Gasteiger partial charge in [-0.05, 0) is 125 Å². The van der Waals surface area contributed by atoms with Crippen molar-refractivity contribution in [1.29, 1.82) is 0 Å². The number of aromatic nitrogens is 6. The fourth-order valence-electron chi connectivity index (χ4n) is 8.13. The van der Waals surface area contributed by atoms with Crippen LogP contribution in [0.25, 0.3) is 100 Å². The highest BCUT2D eigenvalue weighted by molar-refractivity contribution is 6.10. The van der Waals surface area contributed by atoms with Crippen LogP contribution in [0.4, 0.5) is 0 Å². The van der Waals surface area contributed by atoms with Gasteiger partial charge < -0.3 is 0 Å². The first-order valence-corrected chi connectivity index (χ1v) is 18.7. The average Bonchev–Trinajstić information content (AvgIpc) is 3.79. The van der Waals surface area contributed by atoms with Crippen molar-refractivity contribution in [3.63, 3.8) is 0 Å². The summed E-state index contributed by atoms with van der Waals surface area (Å²) in [6.07, 6.45) is 7.42. The smallest absolute Gasteiger partial charge is 0.145 e. The second-order valence-electron chi connectivity index (χ2n) is 14.0. The second kappa shape index (κ2) is 13.0. The molecule has 56 heavy (non-hydrogen) atoms. The molecule has 6 heteroatoms. The monoisotopic (exact) mass is 716 g/mol. The number of pyridine rings is 4. The largest absolute Gasteiger partial charge is 0.294 e. The van der Waals surface area contributed by atoms with E-state index in [-0.39, 0.29) is 0 Å². The highest BCUT2D eigenvalue weighted by Gasteiger charge is 2.18. The number of rotatable bonds is 6. The molecule has 6 nitrogen and oxygen atoms in total. The number of benzene rings is 5. The minimum Gasteiger partial charge on any atom is -0.294 e. The molecular formula is C50H32N6. The third-order valence-corrected chi connectivity index (χ3v) is 10.7. The van der Waals surface area contributed by atoms with E-state index in [1.54, 1.807) is 0 Å². The van der Waals surface area contributed by atoms with Gasteiger partial charge in [-0.1, -0.05) is 66.7 Å². The Bertz CT molecular complexity index is 3040. The van der Waals surface area contributed by atoms with Gasteiger partial charge in [0.05, 0.1) is 22.4 Å². The van der Waals surface area contributed by atoms with Gasteiger partial charge in [-0.3, -0.25) is 19.1 Å². The summed E-state index contributed by atoms with van der Waals surface area (Å²) in [5, 5.41) is 4.51. The molecule has 0 atom stereocenters. The normalized spacial score (nSPS) is 11.6. The summed E-state index contributed by atoms with van der Waals surface area (Å²) in [5.41, 5.74) is 14.8. The Morgan fingerprint density at radius 2 is 0.732 bits per heavy atom. The van der Waals surface area contributed by atoms with Crippen molar-refractivity contribution in [2.24, 2.45) is 0 Å². The maximum absolute atomic E-state index is 4.94. The van der Waals surface area contributed by atoms with Crippen LogP contribution in [0.15, 0.2) is 195 Å². The van der Waals surface area contributed by atoms with Gasteiger partial charge in [0.1, 0.15) is 11.3 Å². The van der Waals surface area contributed by atoms with Crippen LogP contribution in [0.5, 0.6) is 0 Å². The van der Waals surface area contributed by atoms with E-state index in [0.29, 0.717) is 0 Å². The minimum atomic E-state index is 0.914. The summed E-state index contributed by atoms with van der Waals surface area (Å²) in [4.78, 5) is 19.0. The first-order valence-electron chi connectivity index (χ1n) is 18.7. The molecule has 0 aliphatic rings. The molecule has 5 aromatic carbocycles. The molecule has 6 heterocycles. The molecule has 6 aromatic heterocycles. The van der Waals surface area contributed by atoms with Gasteiger partial charge in [-0.25, -0.2) is 9.97 Å². The van der Waals surface area contributed by atoms with E-state index < -0.39 is 0 Å². The summed E-state index contributed by atoms with van der Waals surface area (Å²) < 4.78 is 4.55. The maximum Gasteiger partial charge on any atom is 0.145 e. The van der Waals surface area contributed by atoms with Crippen LogP contribution in [-0.4, -0.2) is 29.1 Å². The molecule has 262 valence electrons. The molecule has 0 N–H and O–H groups in total. The van der Waals surface area contributed by atoms with Crippen molar-refractivity contribution in [3.05, 3.63) is 195 Å². The van der Waals surface area contributed by atoms with Crippen molar-refractivity contribution in [2.45, 2.75) is 0 Å². The molecule has 0 bridgehead atoms. The number of hydrogen-bond donors (Lipinski definition) is 0. The molecule has 0 aliphatic heterocycles. The molecule has 0 saturated heterocycles. The molecule has 11 rings (SSSR count). The van der Waals surface area contributed by atoms with Crippen LogP contribution in [0.3, 0.4) is 0 Å². The molecule has 0 aliphatic carbocycles. The molecule has 0 radical (unpaired) electrons. The highest BCUT2D eigenvalue weighted by Crippen LogP contribution is 2.38. The van der Waals surface area contributed by atoms with E-state index in [1.807, 2.05) is 73.3 Å². The first-order chi connectivity index (χ1) is 27.8. The zero-order chi connectivity index (χ0) is 37.0. The van der Waals surface area contributed by atoms with E-state index in [4.69, 9.17) is 9.97 Å². The first kappa shape index (κ1) is 31.8. The molecule has 0 unspecified atom stereocenters. The Labute approximate surface area is 322 Å². The van der Waals surface area contributed by atoms with Crippen LogP contribution in [0.2, 0.25) is 0 Å². The minimum absolute atomic E-state index is 0.914. The lowest BCUT2D eigenvalue weighted by Gasteiger charge is -2.12. The van der Waals surface area contributed by atoms with E-state index in [0.717, 1.165) is 100 Å². The van der Waals surface area contributed by atoms with Gasteiger partial charge in [-0.15, -0.1) is 0 Å². The lowest BCUT2D eigenvalue weighted by Crippen LogP contribution is -2.00. The molecule has 0 fully saturated rings. The SMILES string of the molecule is c1ccc(-c2cccc(-c3ccc4c(c3)c3cccnc3n4-c3cccc(-n4c5ccc(-c6cccc(-c7ccccn7)c6)cc5c5cccnc54)c3)c2)nc1. The Hall–Kier alpha value is -7.70. The summed E-state index contributed by atoms with van der Waals surface area (Å²) in [6, 6.07) is 59.7. The van der Waals surface area contributed by atoms with Crippen LogP contribution >= 0.6 is 0 Å². The average molecular weight is 717 g/mol. The van der Waals surface area contributed by atoms with Crippen LogP contribution < -0.4 is 0 Å². The van der Waals surface area contributed by atoms with E-state index >= 15 is 0 Å². The van der Waals surface area contributed by atoms with Crippen molar-refractivity contribution in [3.8, 4) is 56.1 Å². The van der Waals surface area contributed by atoms with Gasteiger partial charge >= 0.3 is 0 Å². The van der Waals surface area contributed by atoms with E-state index in [9.17, 15) is 0 Å². The van der Waals surface area contributed by atoms with Crippen LogP contribution in [0.1, 0.15) is 0 Å². The van der Waals surface area contributed by atoms with E-state index in [2.05, 4.69) is 140 Å². The Morgan fingerprint density at radius 3 is 1.21 bits per heavy atom. The van der Waals surface area contributed by atoms with Crippen LogP contribution in [0, 0.1) is 0 Å². The zero-order valence-electron chi connectivity index (χ0n) is 30.2.